The smallest absolute Gasteiger partial charge is 0.304 e. The molecule has 0 unspecified atom stereocenters. The zero-order valence-corrected chi connectivity index (χ0v) is 23.5. The van der Waals surface area contributed by atoms with Crippen molar-refractivity contribution in [3.63, 3.8) is 0 Å². The number of carbonyl (C=O) groups excluding carboxylic acids is 2. The third-order valence-corrected chi connectivity index (χ3v) is 7.75. The second-order valence-electron chi connectivity index (χ2n) is 9.68. The number of hydrogen-bond acceptors (Lipinski definition) is 4. The van der Waals surface area contributed by atoms with Gasteiger partial charge in [0.05, 0.1) is 5.69 Å². The highest BCUT2D eigenvalue weighted by atomic mass is 32.2. The van der Waals surface area contributed by atoms with E-state index < -0.39 is 28.7 Å². The van der Waals surface area contributed by atoms with Gasteiger partial charge < -0.3 is 10.2 Å². The van der Waals surface area contributed by atoms with Gasteiger partial charge in [-0.15, -0.1) is 0 Å². The van der Waals surface area contributed by atoms with E-state index in [0.717, 1.165) is 30.9 Å². The minimum atomic E-state index is -3.99. The van der Waals surface area contributed by atoms with Crippen LogP contribution < -0.4 is 9.62 Å². The highest BCUT2D eigenvalue weighted by Crippen LogP contribution is 2.26. The van der Waals surface area contributed by atoms with Crippen LogP contribution in [0, 0.1) is 20.8 Å². The average molecular weight is 517 g/mol. The summed E-state index contributed by atoms with van der Waals surface area (Å²) in [5, 5.41) is 2.90. The fourth-order valence-corrected chi connectivity index (χ4v) is 4.99. The van der Waals surface area contributed by atoms with E-state index in [2.05, 4.69) is 5.32 Å². The quantitative estimate of drug-likeness (QED) is 0.495. The van der Waals surface area contributed by atoms with Gasteiger partial charge >= 0.3 is 10.2 Å². The summed E-state index contributed by atoms with van der Waals surface area (Å²) in [5.41, 5.74) is 3.99. The molecule has 0 bridgehead atoms. The maximum atomic E-state index is 13.9. The Morgan fingerprint density at radius 1 is 0.944 bits per heavy atom. The summed E-state index contributed by atoms with van der Waals surface area (Å²) in [5.74, 6) is -0.714. The summed E-state index contributed by atoms with van der Waals surface area (Å²) >= 11 is 0. The number of rotatable bonds is 11. The number of aryl methyl sites for hydroxylation is 3. The molecule has 2 aromatic rings. The van der Waals surface area contributed by atoms with E-state index in [1.807, 2.05) is 77.9 Å². The summed E-state index contributed by atoms with van der Waals surface area (Å²) in [6.45, 7) is 11.0. The van der Waals surface area contributed by atoms with Crippen molar-refractivity contribution in [1.29, 1.82) is 0 Å². The van der Waals surface area contributed by atoms with Gasteiger partial charge in [0.15, 0.2) is 0 Å². The van der Waals surface area contributed by atoms with Crippen LogP contribution in [0.3, 0.4) is 0 Å². The second kappa shape index (κ2) is 12.4. The Morgan fingerprint density at radius 3 is 2.06 bits per heavy atom. The minimum Gasteiger partial charge on any atom is -0.352 e. The molecule has 0 aromatic heterocycles. The van der Waals surface area contributed by atoms with Crippen molar-refractivity contribution in [2.75, 3.05) is 24.9 Å². The van der Waals surface area contributed by atoms with Crippen LogP contribution in [0.1, 0.15) is 49.4 Å². The van der Waals surface area contributed by atoms with Crippen molar-refractivity contribution in [1.82, 2.24) is 14.5 Å². The zero-order valence-electron chi connectivity index (χ0n) is 22.7. The van der Waals surface area contributed by atoms with Crippen molar-refractivity contribution in [3.8, 4) is 0 Å². The second-order valence-corrected chi connectivity index (χ2v) is 11.7. The van der Waals surface area contributed by atoms with E-state index >= 15 is 0 Å². The van der Waals surface area contributed by atoms with E-state index in [-0.39, 0.29) is 18.5 Å². The molecule has 36 heavy (non-hydrogen) atoms. The van der Waals surface area contributed by atoms with Crippen LogP contribution >= 0.6 is 0 Å². The zero-order chi connectivity index (χ0) is 27.2. The number of benzene rings is 2. The lowest BCUT2D eigenvalue weighted by molar-refractivity contribution is -0.140. The molecule has 9 heteroatoms. The first-order valence-corrected chi connectivity index (χ1v) is 13.6. The maximum absolute atomic E-state index is 13.9. The molecule has 0 aliphatic carbocycles. The lowest BCUT2D eigenvalue weighted by Gasteiger charge is -2.34. The van der Waals surface area contributed by atoms with Crippen molar-refractivity contribution < 1.29 is 18.0 Å². The monoisotopic (exact) mass is 516 g/mol. The topological polar surface area (TPSA) is 90.0 Å². The van der Waals surface area contributed by atoms with Gasteiger partial charge in [-0.05, 0) is 63.8 Å². The normalized spacial score (nSPS) is 12.5. The Labute approximate surface area is 216 Å². The van der Waals surface area contributed by atoms with Crippen LogP contribution in [0.4, 0.5) is 5.69 Å². The Hall–Kier alpha value is -2.91. The molecular weight excluding hydrogens is 476 g/mol. The minimum absolute atomic E-state index is 0.0940. The van der Waals surface area contributed by atoms with E-state index in [0.29, 0.717) is 12.1 Å². The molecule has 0 fully saturated rings. The maximum Gasteiger partial charge on any atom is 0.304 e. The fraction of sp³-hybridized carbons (Fsp3) is 0.481. The Kier molecular flexibility index (Phi) is 10.1. The molecule has 8 nitrogen and oxygen atoms in total. The lowest BCUT2D eigenvalue weighted by Crippen LogP contribution is -2.54. The summed E-state index contributed by atoms with van der Waals surface area (Å²) in [7, 11) is -1.12. The van der Waals surface area contributed by atoms with Crippen molar-refractivity contribution in [2.24, 2.45) is 0 Å². The highest BCUT2D eigenvalue weighted by molar-refractivity contribution is 7.90. The molecule has 1 N–H and O–H groups in total. The molecule has 198 valence electrons. The molecule has 0 heterocycles. The highest BCUT2D eigenvalue weighted by Gasteiger charge is 2.34. The summed E-state index contributed by atoms with van der Waals surface area (Å²) in [6, 6.07) is 12.4. The molecule has 0 aliphatic rings. The Bertz CT molecular complexity index is 1160. The van der Waals surface area contributed by atoms with Crippen LogP contribution in [0.2, 0.25) is 0 Å². The first-order chi connectivity index (χ1) is 16.8. The largest absolute Gasteiger partial charge is 0.352 e. The van der Waals surface area contributed by atoms with Crippen LogP contribution in [0.15, 0.2) is 42.5 Å². The molecule has 1 atom stereocenters. The number of nitrogens with zero attached hydrogens (tertiary/aromatic N) is 3. The predicted octanol–water partition coefficient (Wildman–Crippen LogP) is 3.56. The van der Waals surface area contributed by atoms with Gasteiger partial charge in [0.25, 0.3) is 0 Å². The van der Waals surface area contributed by atoms with Gasteiger partial charge in [0.2, 0.25) is 11.8 Å². The summed E-state index contributed by atoms with van der Waals surface area (Å²) in [4.78, 5) is 28.5. The van der Waals surface area contributed by atoms with Gasteiger partial charge in [0.1, 0.15) is 12.6 Å². The summed E-state index contributed by atoms with van der Waals surface area (Å²) < 4.78 is 29.0. The van der Waals surface area contributed by atoms with Crippen molar-refractivity contribution in [2.45, 2.75) is 66.6 Å². The first kappa shape index (κ1) is 29.3. The summed E-state index contributed by atoms with van der Waals surface area (Å²) in [6.07, 6.45) is 0.389. The Balaban J connectivity index is 2.55. The van der Waals surface area contributed by atoms with Crippen LogP contribution in [-0.4, -0.2) is 62.2 Å². The predicted molar refractivity (Wildman–Crippen MR) is 145 cm³/mol. The van der Waals surface area contributed by atoms with E-state index in [1.54, 1.807) is 6.07 Å². The van der Waals surface area contributed by atoms with Gasteiger partial charge in [-0.25, -0.2) is 4.31 Å². The van der Waals surface area contributed by atoms with Gasteiger partial charge in [-0.2, -0.15) is 12.7 Å². The third-order valence-electron chi connectivity index (χ3n) is 5.94. The number of amides is 2. The molecule has 2 amide bonds. The van der Waals surface area contributed by atoms with E-state index in [1.165, 1.54) is 19.0 Å². The molecule has 2 aromatic carbocycles. The van der Waals surface area contributed by atoms with Gasteiger partial charge in [-0.1, -0.05) is 48.9 Å². The molecule has 0 aliphatic heterocycles. The molecule has 0 radical (unpaired) electrons. The van der Waals surface area contributed by atoms with Crippen LogP contribution in [0.5, 0.6) is 0 Å². The SMILES string of the molecule is CC[C@@H](C(=O)NC(C)C)N(Cc1ccc(C)cc1)C(=O)CN(c1cc(C)ccc1C)S(=O)(=O)N(C)C. The first-order valence-electron chi connectivity index (χ1n) is 12.2. The molecular formula is C27H40N4O4S. The van der Waals surface area contributed by atoms with Gasteiger partial charge in [0, 0.05) is 26.7 Å². The molecule has 0 spiro atoms. The fourth-order valence-electron chi connectivity index (χ4n) is 3.88. The van der Waals surface area contributed by atoms with E-state index in [9.17, 15) is 18.0 Å². The number of hydrogen-bond donors (Lipinski definition) is 1. The number of nitrogens with one attached hydrogen (secondary N) is 1. The van der Waals surface area contributed by atoms with E-state index in [4.69, 9.17) is 0 Å². The van der Waals surface area contributed by atoms with Gasteiger partial charge in [-0.3, -0.25) is 9.59 Å². The molecule has 2 rings (SSSR count). The Morgan fingerprint density at radius 2 is 1.53 bits per heavy atom. The molecule has 0 saturated heterocycles. The lowest BCUT2D eigenvalue weighted by atomic mass is 10.1. The average Bonchev–Trinajstić information content (AvgIpc) is 2.79. The van der Waals surface area contributed by atoms with Crippen LogP contribution in [-0.2, 0) is 26.3 Å². The standard InChI is InChI=1S/C27H40N4O4S/c1-9-24(27(33)28-19(2)3)30(17-23-14-11-20(4)12-15-23)26(32)18-31(36(34,35)29(7)8)25-16-21(5)10-13-22(25)6/h10-16,19,24H,9,17-18H2,1-8H3,(H,28,33)/t24-/m0/s1. The van der Waals surface area contributed by atoms with Crippen molar-refractivity contribution >= 4 is 27.7 Å². The third kappa shape index (κ3) is 7.30. The molecule has 0 saturated carbocycles. The van der Waals surface area contributed by atoms with Crippen molar-refractivity contribution in [3.05, 3.63) is 64.7 Å². The number of anilines is 1. The van der Waals surface area contributed by atoms with Crippen LogP contribution in [0.25, 0.3) is 0 Å². The number of carbonyl (C=O) groups is 2.